The van der Waals surface area contributed by atoms with Crippen LogP contribution in [0.5, 0.6) is 0 Å². The van der Waals surface area contributed by atoms with Crippen LogP contribution in [0.4, 0.5) is 5.82 Å². The third kappa shape index (κ3) is 3.95. The number of amides is 1. The van der Waals surface area contributed by atoms with E-state index in [-0.39, 0.29) is 5.91 Å². The van der Waals surface area contributed by atoms with Crippen LogP contribution in [0.3, 0.4) is 0 Å². The first-order valence-electron chi connectivity index (χ1n) is 7.68. The first-order chi connectivity index (χ1) is 9.70. The molecule has 0 spiro atoms. The Morgan fingerprint density at radius 1 is 1.40 bits per heavy atom. The second-order valence-corrected chi connectivity index (χ2v) is 5.74. The summed E-state index contributed by atoms with van der Waals surface area (Å²) in [7, 11) is 0. The van der Waals surface area contributed by atoms with Gasteiger partial charge in [0.05, 0.1) is 5.56 Å². The molecule has 1 aromatic rings. The highest BCUT2D eigenvalue weighted by atomic mass is 16.1. The van der Waals surface area contributed by atoms with Gasteiger partial charge in [-0.05, 0) is 36.8 Å². The zero-order valence-corrected chi connectivity index (χ0v) is 12.5. The van der Waals surface area contributed by atoms with Gasteiger partial charge in [0.15, 0.2) is 0 Å². The molecule has 1 aliphatic rings. The first-order valence-corrected chi connectivity index (χ1v) is 7.68. The number of hydrogen-bond acceptors (Lipinski definition) is 3. The molecule has 2 unspecified atom stereocenters. The summed E-state index contributed by atoms with van der Waals surface area (Å²) in [4.78, 5) is 16.3. The standard InChI is InChI=1S/C16H25N3O/c1-3-9-17-15-8-7-14(11-18-15)16(20)19-10-13-6-4-5-12(13)2/h7-8,11-13H,3-6,9-10H2,1-2H3,(H,17,18)(H,19,20). The van der Waals surface area contributed by atoms with Crippen molar-refractivity contribution in [2.24, 2.45) is 11.8 Å². The Morgan fingerprint density at radius 3 is 2.85 bits per heavy atom. The second kappa shape index (κ2) is 7.27. The maximum Gasteiger partial charge on any atom is 0.252 e. The maximum absolute atomic E-state index is 12.1. The Balaban J connectivity index is 1.82. The summed E-state index contributed by atoms with van der Waals surface area (Å²) in [5.41, 5.74) is 0.637. The number of pyridine rings is 1. The molecule has 1 amide bonds. The van der Waals surface area contributed by atoms with E-state index in [1.807, 2.05) is 12.1 Å². The van der Waals surface area contributed by atoms with Crippen LogP contribution in [-0.2, 0) is 0 Å². The van der Waals surface area contributed by atoms with Gasteiger partial charge in [-0.3, -0.25) is 4.79 Å². The van der Waals surface area contributed by atoms with Crippen LogP contribution < -0.4 is 10.6 Å². The van der Waals surface area contributed by atoms with E-state index in [4.69, 9.17) is 0 Å². The predicted octanol–water partition coefficient (Wildman–Crippen LogP) is 3.07. The van der Waals surface area contributed by atoms with E-state index < -0.39 is 0 Å². The number of hydrogen-bond donors (Lipinski definition) is 2. The van der Waals surface area contributed by atoms with Gasteiger partial charge in [0.2, 0.25) is 0 Å². The molecule has 2 rings (SSSR count). The number of nitrogens with zero attached hydrogens (tertiary/aromatic N) is 1. The molecule has 110 valence electrons. The fourth-order valence-electron chi connectivity index (χ4n) is 2.74. The van der Waals surface area contributed by atoms with Gasteiger partial charge in [0.1, 0.15) is 5.82 Å². The van der Waals surface area contributed by atoms with Crippen molar-refractivity contribution in [3.63, 3.8) is 0 Å². The SMILES string of the molecule is CCCNc1ccc(C(=O)NCC2CCCC2C)cn1. The van der Waals surface area contributed by atoms with E-state index >= 15 is 0 Å². The Morgan fingerprint density at radius 2 is 2.25 bits per heavy atom. The van der Waals surface area contributed by atoms with Crippen LogP contribution in [0.1, 0.15) is 49.9 Å². The van der Waals surface area contributed by atoms with Crippen molar-refractivity contribution >= 4 is 11.7 Å². The van der Waals surface area contributed by atoms with Gasteiger partial charge in [0.25, 0.3) is 5.91 Å². The molecule has 2 atom stereocenters. The quantitative estimate of drug-likeness (QED) is 0.839. The van der Waals surface area contributed by atoms with E-state index in [2.05, 4.69) is 29.5 Å². The minimum Gasteiger partial charge on any atom is -0.370 e. The fraction of sp³-hybridized carbons (Fsp3) is 0.625. The summed E-state index contributed by atoms with van der Waals surface area (Å²) in [6.45, 7) is 6.08. The molecule has 1 aromatic heterocycles. The summed E-state index contributed by atoms with van der Waals surface area (Å²) in [6.07, 6.45) is 6.52. The van der Waals surface area contributed by atoms with Gasteiger partial charge < -0.3 is 10.6 Å². The van der Waals surface area contributed by atoms with E-state index in [1.54, 1.807) is 6.20 Å². The molecule has 1 fully saturated rings. The van der Waals surface area contributed by atoms with Gasteiger partial charge in [-0.15, -0.1) is 0 Å². The lowest BCUT2D eigenvalue weighted by molar-refractivity contribution is 0.0944. The highest BCUT2D eigenvalue weighted by Crippen LogP contribution is 2.30. The Labute approximate surface area is 121 Å². The van der Waals surface area contributed by atoms with Crippen LogP contribution in [0.2, 0.25) is 0 Å². The first kappa shape index (κ1) is 14.8. The largest absolute Gasteiger partial charge is 0.370 e. The highest BCUT2D eigenvalue weighted by molar-refractivity contribution is 5.94. The molecular formula is C16H25N3O. The van der Waals surface area contributed by atoms with E-state index in [0.717, 1.165) is 31.2 Å². The molecule has 1 saturated carbocycles. The molecule has 0 bridgehead atoms. The number of rotatable bonds is 6. The average Bonchev–Trinajstić information content (AvgIpc) is 2.88. The molecule has 1 aliphatic carbocycles. The summed E-state index contributed by atoms with van der Waals surface area (Å²) in [6, 6.07) is 3.70. The molecule has 4 nitrogen and oxygen atoms in total. The Bertz CT molecular complexity index is 430. The molecule has 4 heteroatoms. The highest BCUT2D eigenvalue weighted by Gasteiger charge is 2.23. The van der Waals surface area contributed by atoms with Crippen molar-refractivity contribution < 1.29 is 4.79 Å². The molecule has 0 aliphatic heterocycles. The van der Waals surface area contributed by atoms with Crippen molar-refractivity contribution in [1.29, 1.82) is 0 Å². The topological polar surface area (TPSA) is 54.0 Å². The van der Waals surface area contributed by atoms with Crippen molar-refractivity contribution in [3.05, 3.63) is 23.9 Å². The third-order valence-corrected chi connectivity index (χ3v) is 4.15. The van der Waals surface area contributed by atoms with Gasteiger partial charge in [-0.2, -0.15) is 0 Å². The fourth-order valence-corrected chi connectivity index (χ4v) is 2.74. The van der Waals surface area contributed by atoms with E-state index in [1.165, 1.54) is 19.3 Å². The zero-order chi connectivity index (χ0) is 14.4. The van der Waals surface area contributed by atoms with E-state index in [0.29, 0.717) is 11.5 Å². The Kier molecular flexibility index (Phi) is 5.39. The van der Waals surface area contributed by atoms with Crippen molar-refractivity contribution in [2.45, 2.75) is 39.5 Å². The van der Waals surface area contributed by atoms with Gasteiger partial charge in [-0.25, -0.2) is 4.98 Å². The third-order valence-electron chi connectivity index (χ3n) is 4.15. The molecule has 20 heavy (non-hydrogen) atoms. The van der Waals surface area contributed by atoms with Crippen LogP contribution in [-0.4, -0.2) is 24.0 Å². The molecule has 0 radical (unpaired) electrons. The number of carbonyl (C=O) groups is 1. The molecule has 1 heterocycles. The second-order valence-electron chi connectivity index (χ2n) is 5.74. The lowest BCUT2D eigenvalue weighted by Crippen LogP contribution is -2.30. The van der Waals surface area contributed by atoms with Crippen LogP contribution >= 0.6 is 0 Å². The monoisotopic (exact) mass is 275 g/mol. The lowest BCUT2D eigenvalue weighted by Gasteiger charge is -2.15. The van der Waals surface area contributed by atoms with E-state index in [9.17, 15) is 4.79 Å². The minimum atomic E-state index is -0.0151. The number of anilines is 1. The van der Waals surface area contributed by atoms with Gasteiger partial charge >= 0.3 is 0 Å². The maximum atomic E-state index is 12.1. The number of carbonyl (C=O) groups excluding carboxylic acids is 1. The van der Waals surface area contributed by atoms with Crippen LogP contribution in [0.25, 0.3) is 0 Å². The van der Waals surface area contributed by atoms with Gasteiger partial charge in [0, 0.05) is 19.3 Å². The van der Waals surface area contributed by atoms with Crippen LogP contribution in [0, 0.1) is 11.8 Å². The lowest BCUT2D eigenvalue weighted by atomic mass is 9.98. The molecule has 0 aromatic carbocycles. The summed E-state index contributed by atoms with van der Waals surface area (Å²) in [5, 5.41) is 6.23. The summed E-state index contributed by atoms with van der Waals surface area (Å²) >= 11 is 0. The van der Waals surface area contributed by atoms with Crippen molar-refractivity contribution in [2.75, 3.05) is 18.4 Å². The van der Waals surface area contributed by atoms with Crippen molar-refractivity contribution in [1.82, 2.24) is 10.3 Å². The smallest absolute Gasteiger partial charge is 0.252 e. The number of nitrogens with one attached hydrogen (secondary N) is 2. The van der Waals surface area contributed by atoms with Gasteiger partial charge in [-0.1, -0.05) is 26.7 Å². The minimum absolute atomic E-state index is 0.0151. The molecule has 2 N–H and O–H groups in total. The molecule has 0 saturated heterocycles. The predicted molar refractivity (Wildman–Crippen MR) is 81.9 cm³/mol. The summed E-state index contributed by atoms with van der Waals surface area (Å²) in [5.74, 6) is 2.18. The molecular weight excluding hydrogens is 250 g/mol. The van der Waals surface area contributed by atoms with Crippen molar-refractivity contribution in [3.8, 4) is 0 Å². The average molecular weight is 275 g/mol. The Hall–Kier alpha value is -1.58. The number of aromatic nitrogens is 1. The normalized spacial score (nSPS) is 21.7. The van der Waals surface area contributed by atoms with Crippen LogP contribution in [0.15, 0.2) is 18.3 Å². The summed E-state index contributed by atoms with van der Waals surface area (Å²) < 4.78 is 0. The zero-order valence-electron chi connectivity index (χ0n) is 12.5.